The lowest BCUT2D eigenvalue weighted by Crippen LogP contribution is -2.07. The largest absolute Gasteiger partial charge is 0.370 e. The molecule has 0 amide bonds. The van der Waals surface area contributed by atoms with Crippen LogP contribution in [0.4, 0.5) is 5.82 Å². The molecule has 0 saturated carbocycles. The molecule has 2 rings (SSSR count). The highest BCUT2D eigenvalue weighted by Crippen LogP contribution is 2.26. The topological polar surface area (TPSA) is 37.8 Å². The smallest absolute Gasteiger partial charge is 0.162 e. The van der Waals surface area contributed by atoms with Crippen molar-refractivity contribution in [2.75, 3.05) is 11.9 Å². The second-order valence-corrected chi connectivity index (χ2v) is 5.83. The van der Waals surface area contributed by atoms with Crippen molar-refractivity contribution < 1.29 is 0 Å². The van der Waals surface area contributed by atoms with Crippen LogP contribution < -0.4 is 5.32 Å². The maximum atomic E-state index is 4.76. The monoisotopic (exact) mass is 283 g/mol. The van der Waals surface area contributed by atoms with Crippen molar-refractivity contribution in [3.05, 3.63) is 41.1 Å². The maximum absolute atomic E-state index is 4.76. The maximum Gasteiger partial charge on any atom is 0.162 e. The summed E-state index contributed by atoms with van der Waals surface area (Å²) in [5.41, 5.74) is 4.73. The lowest BCUT2D eigenvalue weighted by Gasteiger charge is -2.13. The van der Waals surface area contributed by atoms with Crippen molar-refractivity contribution in [3.8, 4) is 11.4 Å². The highest BCUT2D eigenvalue weighted by molar-refractivity contribution is 5.63. The van der Waals surface area contributed by atoms with Gasteiger partial charge in [-0.05, 0) is 37.3 Å². The van der Waals surface area contributed by atoms with Crippen LogP contribution in [0.2, 0.25) is 0 Å². The standard InChI is InChI=1S/C18H25N3/c1-6-10-19-17-11-16(12(2)3)20-18(21-17)15-9-7-8-13(4)14(15)5/h7-9,11-12H,6,10H2,1-5H3,(H,19,20,21). The summed E-state index contributed by atoms with van der Waals surface area (Å²) < 4.78 is 0. The zero-order chi connectivity index (χ0) is 15.4. The fraction of sp³-hybridized carbons (Fsp3) is 0.444. The third kappa shape index (κ3) is 3.60. The van der Waals surface area contributed by atoms with Crippen LogP contribution in [-0.4, -0.2) is 16.5 Å². The van der Waals surface area contributed by atoms with Crippen molar-refractivity contribution in [2.24, 2.45) is 0 Å². The molecule has 21 heavy (non-hydrogen) atoms. The van der Waals surface area contributed by atoms with Gasteiger partial charge in [0.15, 0.2) is 5.82 Å². The zero-order valence-corrected chi connectivity index (χ0v) is 13.7. The van der Waals surface area contributed by atoms with Crippen LogP contribution in [0, 0.1) is 13.8 Å². The van der Waals surface area contributed by atoms with Gasteiger partial charge >= 0.3 is 0 Å². The van der Waals surface area contributed by atoms with Gasteiger partial charge < -0.3 is 5.32 Å². The molecule has 2 aromatic rings. The van der Waals surface area contributed by atoms with E-state index >= 15 is 0 Å². The fourth-order valence-electron chi connectivity index (χ4n) is 2.22. The summed E-state index contributed by atoms with van der Waals surface area (Å²) in [6, 6.07) is 8.37. The van der Waals surface area contributed by atoms with E-state index in [0.717, 1.165) is 35.9 Å². The first-order chi connectivity index (χ1) is 10.0. The van der Waals surface area contributed by atoms with Gasteiger partial charge in [0, 0.05) is 23.9 Å². The Labute approximate surface area is 127 Å². The van der Waals surface area contributed by atoms with Crippen LogP contribution >= 0.6 is 0 Å². The minimum Gasteiger partial charge on any atom is -0.370 e. The van der Waals surface area contributed by atoms with Gasteiger partial charge in [-0.1, -0.05) is 39.0 Å². The van der Waals surface area contributed by atoms with Crippen LogP contribution in [0.15, 0.2) is 24.3 Å². The van der Waals surface area contributed by atoms with Crippen molar-refractivity contribution in [3.63, 3.8) is 0 Å². The molecule has 0 radical (unpaired) electrons. The van der Waals surface area contributed by atoms with E-state index in [0.29, 0.717) is 5.92 Å². The first-order valence-electron chi connectivity index (χ1n) is 7.72. The van der Waals surface area contributed by atoms with E-state index in [-0.39, 0.29) is 0 Å². The Morgan fingerprint density at radius 2 is 1.90 bits per heavy atom. The number of hydrogen-bond acceptors (Lipinski definition) is 3. The molecule has 1 aromatic heterocycles. The van der Waals surface area contributed by atoms with Gasteiger partial charge in [-0.15, -0.1) is 0 Å². The molecule has 3 heteroatoms. The van der Waals surface area contributed by atoms with Gasteiger partial charge in [-0.25, -0.2) is 9.97 Å². The molecule has 0 spiro atoms. The Bertz CT molecular complexity index is 618. The number of benzene rings is 1. The number of nitrogens with one attached hydrogen (secondary N) is 1. The predicted molar refractivity (Wildman–Crippen MR) is 89.8 cm³/mol. The molecule has 1 heterocycles. The highest BCUT2D eigenvalue weighted by Gasteiger charge is 2.11. The molecule has 112 valence electrons. The Balaban J connectivity index is 2.51. The summed E-state index contributed by atoms with van der Waals surface area (Å²) in [4.78, 5) is 9.47. The van der Waals surface area contributed by atoms with E-state index in [1.165, 1.54) is 11.1 Å². The van der Waals surface area contributed by atoms with Gasteiger partial charge in [-0.2, -0.15) is 0 Å². The lowest BCUT2D eigenvalue weighted by molar-refractivity contribution is 0.815. The van der Waals surface area contributed by atoms with Crippen molar-refractivity contribution >= 4 is 5.82 Å². The molecule has 0 aliphatic rings. The molecule has 3 nitrogen and oxygen atoms in total. The average molecular weight is 283 g/mol. The van der Waals surface area contributed by atoms with E-state index in [9.17, 15) is 0 Å². The molecule has 0 unspecified atom stereocenters. The normalized spacial score (nSPS) is 11.0. The van der Waals surface area contributed by atoms with Crippen molar-refractivity contribution in [1.82, 2.24) is 9.97 Å². The number of aromatic nitrogens is 2. The van der Waals surface area contributed by atoms with E-state index in [1.54, 1.807) is 0 Å². The van der Waals surface area contributed by atoms with Gasteiger partial charge in [0.1, 0.15) is 5.82 Å². The van der Waals surface area contributed by atoms with Crippen LogP contribution in [0.5, 0.6) is 0 Å². The van der Waals surface area contributed by atoms with Crippen molar-refractivity contribution in [1.29, 1.82) is 0 Å². The Morgan fingerprint density at radius 1 is 1.14 bits per heavy atom. The molecule has 0 aliphatic heterocycles. The first kappa shape index (κ1) is 15.5. The molecule has 0 fully saturated rings. The summed E-state index contributed by atoms with van der Waals surface area (Å²) in [5.74, 6) is 2.13. The number of rotatable bonds is 5. The van der Waals surface area contributed by atoms with E-state index in [2.05, 4.69) is 64.2 Å². The molecule has 0 atom stereocenters. The summed E-state index contributed by atoms with van der Waals surface area (Å²) in [7, 11) is 0. The third-order valence-electron chi connectivity index (χ3n) is 3.74. The summed E-state index contributed by atoms with van der Waals surface area (Å²) in [6.45, 7) is 11.7. The van der Waals surface area contributed by atoms with E-state index in [4.69, 9.17) is 9.97 Å². The molecular weight excluding hydrogens is 258 g/mol. The second-order valence-electron chi connectivity index (χ2n) is 5.83. The predicted octanol–water partition coefficient (Wildman–Crippen LogP) is 4.71. The van der Waals surface area contributed by atoms with E-state index < -0.39 is 0 Å². The molecule has 0 bridgehead atoms. The second kappa shape index (κ2) is 6.70. The molecule has 1 aromatic carbocycles. The van der Waals surface area contributed by atoms with Crippen molar-refractivity contribution in [2.45, 2.75) is 47.0 Å². The number of anilines is 1. The summed E-state index contributed by atoms with van der Waals surface area (Å²) in [5, 5.41) is 3.38. The molecular formula is C18H25N3. The third-order valence-corrected chi connectivity index (χ3v) is 3.74. The van der Waals surface area contributed by atoms with Gasteiger partial charge in [0.05, 0.1) is 0 Å². The van der Waals surface area contributed by atoms with E-state index in [1.807, 2.05) is 0 Å². The van der Waals surface area contributed by atoms with Crippen LogP contribution in [0.25, 0.3) is 11.4 Å². The number of aryl methyl sites for hydroxylation is 1. The Kier molecular flexibility index (Phi) is 4.94. The highest BCUT2D eigenvalue weighted by atomic mass is 15.0. The summed E-state index contributed by atoms with van der Waals surface area (Å²) >= 11 is 0. The number of nitrogens with zero attached hydrogens (tertiary/aromatic N) is 2. The summed E-state index contributed by atoms with van der Waals surface area (Å²) in [6.07, 6.45) is 1.08. The number of hydrogen-bond donors (Lipinski definition) is 1. The van der Waals surface area contributed by atoms with Crippen LogP contribution in [-0.2, 0) is 0 Å². The van der Waals surface area contributed by atoms with Gasteiger partial charge in [-0.3, -0.25) is 0 Å². The van der Waals surface area contributed by atoms with Gasteiger partial charge in [0.2, 0.25) is 0 Å². The fourth-order valence-corrected chi connectivity index (χ4v) is 2.22. The molecule has 0 aliphatic carbocycles. The zero-order valence-electron chi connectivity index (χ0n) is 13.7. The Morgan fingerprint density at radius 3 is 2.57 bits per heavy atom. The Hall–Kier alpha value is -1.90. The SMILES string of the molecule is CCCNc1cc(C(C)C)nc(-c2cccc(C)c2C)n1. The van der Waals surface area contributed by atoms with Gasteiger partial charge in [0.25, 0.3) is 0 Å². The van der Waals surface area contributed by atoms with Crippen LogP contribution in [0.3, 0.4) is 0 Å². The molecule has 0 saturated heterocycles. The average Bonchev–Trinajstić information content (AvgIpc) is 2.47. The minimum absolute atomic E-state index is 0.388. The molecule has 1 N–H and O–H groups in total. The first-order valence-corrected chi connectivity index (χ1v) is 7.72. The van der Waals surface area contributed by atoms with Crippen LogP contribution in [0.1, 0.15) is 49.9 Å². The minimum atomic E-state index is 0.388. The quantitative estimate of drug-likeness (QED) is 0.863. The lowest BCUT2D eigenvalue weighted by atomic mass is 10.0.